The summed E-state index contributed by atoms with van der Waals surface area (Å²) in [6, 6.07) is 8.76. The van der Waals surface area contributed by atoms with Gasteiger partial charge in [0.25, 0.3) is 15.9 Å². The van der Waals surface area contributed by atoms with E-state index < -0.39 is 22.0 Å². The molecule has 1 fully saturated rings. The number of carbonyl (C=O) groups is 1. The zero-order valence-corrected chi connectivity index (χ0v) is 19.1. The molecule has 2 aromatic heterocycles. The van der Waals surface area contributed by atoms with E-state index in [9.17, 15) is 13.2 Å². The van der Waals surface area contributed by atoms with Crippen molar-refractivity contribution in [2.24, 2.45) is 4.99 Å². The number of amides is 1. The lowest BCUT2D eigenvalue weighted by atomic mass is 10.2. The van der Waals surface area contributed by atoms with E-state index in [0.29, 0.717) is 30.7 Å². The Morgan fingerprint density at radius 2 is 2.20 bits per heavy atom. The van der Waals surface area contributed by atoms with Gasteiger partial charge in [-0.15, -0.1) is 17.9 Å². The topological polar surface area (TPSA) is 71.7 Å². The van der Waals surface area contributed by atoms with Crippen LogP contribution in [-0.2, 0) is 27.8 Å². The summed E-state index contributed by atoms with van der Waals surface area (Å²) < 4.78 is 30.5. The Labute approximate surface area is 183 Å². The third-order valence-corrected chi connectivity index (χ3v) is 9.54. The zero-order chi connectivity index (χ0) is 21.3. The molecule has 6 nitrogen and oxygen atoms in total. The van der Waals surface area contributed by atoms with Crippen LogP contribution < -0.4 is 4.80 Å². The van der Waals surface area contributed by atoms with Crippen molar-refractivity contribution in [1.82, 2.24) is 8.87 Å². The number of thiophene rings is 1. The molecule has 158 valence electrons. The fraction of sp³-hybridized carbons (Fsp3) is 0.333. The summed E-state index contributed by atoms with van der Waals surface area (Å²) >= 11 is 2.61. The third kappa shape index (κ3) is 3.82. The number of carbonyl (C=O) groups excluding carboxylic acids is 1. The second-order valence-corrected chi connectivity index (χ2v) is 11.2. The summed E-state index contributed by atoms with van der Waals surface area (Å²) in [5, 5.41) is 1.73. The van der Waals surface area contributed by atoms with Crippen LogP contribution >= 0.6 is 22.7 Å². The fourth-order valence-electron chi connectivity index (χ4n) is 3.70. The van der Waals surface area contributed by atoms with E-state index in [-0.39, 0.29) is 4.21 Å². The molecule has 0 N–H and O–H groups in total. The molecular formula is C21H23N3O3S3. The molecule has 1 unspecified atom stereocenters. The van der Waals surface area contributed by atoms with Crippen molar-refractivity contribution in [3.8, 4) is 0 Å². The molecule has 4 rings (SSSR count). The highest BCUT2D eigenvalue weighted by atomic mass is 32.2. The van der Waals surface area contributed by atoms with E-state index in [1.165, 1.54) is 32.5 Å². The molecule has 0 radical (unpaired) electrons. The summed E-state index contributed by atoms with van der Waals surface area (Å²) in [4.78, 5) is 18.1. The smallest absolute Gasteiger partial charge is 0.266 e. The van der Waals surface area contributed by atoms with E-state index in [0.717, 1.165) is 16.6 Å². The summed E-state index contributed by atoms with van der Waals surface area (Å²) in [5.41, 5.74) is 2.22. The van der Waals surface area contributed by atoms with Crippen LogP contribution in [0, 0.1) is 0 Å². The summed E-state index contributed by atoms with van der Waals surface area (Å²) in [6.45, 7) is 6.78. The lowest BCUT2D eigenvalue weighted by molar-refractivity contribution is -0.121. The molecule has 1 saturated heterocycles. The highest BCUT2D eigenvalue weighted by Gasteiger charge is 2.39. The minimum Gasteiger partial charge on any atom is -0.313 e. The number of fused-ring (bicyclic) bond motifs is 1. The number of aryl methyl sites for hydroxylation is 1. The molecule has 30 heavy (non-hydrogen) atoms. The molecule has 1 aliphatic rings. The van der Waals surface area contributed by atoms with Crippen molar-refractivity contribution in [1.29, 1.82) is 0 Å². The number of allylic oxidation sites excluding steroid dienone is 1. The molecule has 1 amide bonds. The Morgan fingerprint density at radius 1 is 1.37 bits per heavy atom. The van der Waals surface area contributed by atoms with Gasteiger partial charge in [0.2, 0.25) is 0 Å². The van der Waals surface area contributed by atoms with Crippen LogP contribution in [0.2, 0.25) is 0 Å². The third-order valence-electron chi connectivity index (χ3n) is 5.22. The van der Waals surface area contributed by atoms with Crippen LogP contribution in [0.25, 0.3) is 10.2 Å². The fourth-order valence-corrected chi connectivity index (χ4v) is 7.58. The molecule has 0 spiro atoms. The Kier molecular flexibility index (Phi) is 6.06. The van der Waals surface area contributed by atoms with Gasteiger partial charge < -0.3 is 4.57 Å². The van der Waals surface area contributed by atoms with Gasteiger partial charge in [0.1, 0.15) is 10.3 Å². The van der Waals surface area contributed by atoms with Gasteiger partial charge in [-0.3, -0.25) is 4.79 Å². The second-order valence-electron chi connectivity index (χ2n) is 7.10. The summed E-state index contributed by atoms with van der Waals surface area (Å²) in [6.07, 6.45) is 3.83. The number of hydrogen-bond donors (Lipinski definition) is 0. The average molecular weight is 462 g/mol. The second kappa shape index (κ2) is 8.58. The normalized spacial score (nSPS) is 18.3. The van der Waals surface area contributed by atoms with Crippen molar-refractivity contribution in [3.63, 3.8) is 0 Å². The number of rotatable bonds is 6. The molecule has 3 aromatic rings. The highest BCUT2D eigenvalue weighted by molar-refractivity contribution is 7.91. The standard InChI is InChI=1S/C21H23N3O3S3/c1-3-11-23-16-10-9-15(4-2)14-18(16)29-21(23)22-20(25)17-7-5-12-24(17)30(26,27)19-8-6-13-28-19/h3,6,8-10,13-14,17H,1,4-5,7,11-12H2,2H3. The minimum absolute atomic E-state index is 0.262. The molecule has 0 saturated carbocycles. The Hall–Kier alpha value is -2.07. The van der Waals surface area contributed by atoms with E-state index >= 15 is 0 Å². The van der Waals surface area contributed by atoms with Crippen LogP contribution in [-0.4, -0.2) is 35.8 Å². The first-order chi connectivity index (χ1) is 14.5. The van der Waals surface area contributed by atoms with Gasteiger partial charge in [-0.25, -0.2) is 8.42 Å². The number of hydrogen-bond acceptors (Lipinski definition) is 5. The van der Waals surface area contributed by atoms with Gasteiger partial charge in [-0.1, -0.05) is 36.5 Å². The minimum atomic E-state index is -3.68. The quantitative estimate of drug-likeness (QED) is 0.524. The zero-order valence-electron chi connectivity index (χ0n) is 16.7. The van der Waals surface area contributed by atoms with Crippen molar-refractivity contribution in [2.45, 2.75) is 43.0 Å². The predicted octanol–water partition coefficient (Wildman–Crippen LogP) is 3.79. The average Bonchev–Trinajstić information content (AvgIpc) is 3.48. The van der Waals surface area contributed by atoms with E-state index in [4.69, 9.17) is 0 Å². The lowest BCUT2D eigenvalue weighted by Gasteiger charge is -2.20. The van der Waals surface area contributed by atoms with Crippen molar-refractivity contribution in [2.75, 3.05) is 6.54 Å². The molecule has 3 heterocycles. The maximum atomic E-state index is 13.1. The van der Waals surface area contributed by atoms with Crippen LogP contribution in [0.1, 0.15) is 25.3 Å². The first-order valence-electron chi connectivity index (χ1n) is 9.82. The van der Waals surface area contributed by atoms with Crippen molar-refractivity contribution >= 4 is 48.8 Å². The van der Waals surface area contributed by atoms with E-state index in [2.05, 4.69) is 30.6 Å². The highest BCUT2D eigenvalue weighted by Crippen LogP contribution is 2.29. The van der Waals surface area contributed by atoms with Gasteiger partial charge in [0.15, 0.2) is 4.80 Å². The molecule has 0 aliphatic carbocycles. The van der Waals surface area contributed by atoms with Crippen LogP contribution in [0.4, 0.5) is 0 Å². The van der Waals surface area contributed by atoms with Gasteiger partial charge in [-0.2, -0.15) is 9.30 Å². The number of thiazole rings is 1. The van der Waals surface area contributed by atoms with Crippen molar-refractivity contribution < 1.29 is 13.2 Å². The molecule has 1 aliphatic heterocycles. The first kappa shape index (κ1) is 21.2. The number of sulfonamides is 1. The van der Waals surface area contributed by atoms with Crippen LogP contribution in [0.15, 0.2) is 57.6 Å². The number of benzene rings is 1. The maximum absolute atomic E-state index is 13.1. The summed E-state index contributed by atoms with van der Waals surface area (Å²) in [7, 11) is -3.68. The molecule has 0 bridgehead atoms. The Balaban J connectivity index is 1.74. The molecular weight excluding hydrogens is 438 g/mol. The lowest BCUT2D eigenvalue weighted by Crippen LogP contribution is -2.40. The molecule has 9 heteroatoms. The van der Waals surface area contributed by atoms with Gasteiger partial charge >= 0.3 is 0 Å². The number of aromatic nitrogens is 1. The monoisotopic (exact) mass is 461 g/mol. The first-order valence-corrected chi connectivity index (χ1v) is 13.0. The Bertz CT molecular complexity index is 1250. The largest absolute Gasteiger partial charge is 0.313 e. The van der Waals surface area contributed by atoms with Gasteiger partial charge in [-0.05, 0) is 48.4 Å². The van der Waals surface area contributed by atoms with Crippen molar-refractivity contribution in [3.05, 3.63) is 58.7 Å². The Morgan fingerprint density at radius 3 is 2.90 bits per heavy atom. The van der Waals surface area contributed by atoms with Gasteiger partial charge in [0, 0.05) is 13.1 Å². The van der Waals surface area contributed by atoms with Crippen LogP contribution in [0.3, 0.4) is 0 Å². The maximum Gasteiger partial charge on any atom is 0.266 e. The predicted molar refractivity (Wildman–Crippen MR) is 121 cm³/mol. The summed E-state index contributed by atoms with van der Waals surface area (Å²) in [5.74, 6) is -0.410. The molecule has 1 atom stereocenters. The van der Waals surface area contributed by atoms with Crippen LogP contribution in [0.5, 0.6) is 0 Å². The molecule has 1 aromatic carbocycles. The van der Waals surface area contributed by atoms with Gasteiger partial charge in [0.05, 0.1) is 10.2 Å². The number of nitrogens with zero attached hydrogens (tertiary/aromatic N) is 3. The van der Waals surface area contributed by atoms with E-state index in [1.807, 2.05) is 10.6 Å². The SMILES string of the molecule is C=CCn1c(=NC(=O)C2CCCN2S(=O)(=O)c2cccs2)sc2cc(CC)ccc21. The van der Waals surface area contributed by atoms with E-state index in [1.54, 1.807) is 23.6 Å².